The first-order chi connectivity index (χ1) is 20.5. The predicted octanol–water partition coefficient (Wildman–Crippen LogP) is 6.62. The summed E-state index contributed by atoms with van der Waals surface area (Å²) >= 11 is 12.9. The summed E-state index contributed by atoms with van der Waals surface area (Å²) in [5.41, 5.74) is 1.71. The van der Waals surface area contributed by atoms with E-state index in [-0.39, 0.29) is 17.3 Å². The van der Waals surface area contributed by atoms with Gasteiger partial charge in [0.15, 0.2) is 0 Å². The van der Waals surface area contributed by atoms with Gasteiger partial charge in [-0.15, -0.1) is 0 Å². The van der Waals surface area contributed by atoms with Crippen LogP contribution >= 0.6 is 23.2 Å². The van der Waals surface area contributed by atoms with Gasteiger partial charge in [0.1, 0.15) is 18.3 Å². The zero-order valence-electron chi connectivity index (χ0n) is 25.0. The summed E-state index contributed by atoms with van der Waals surface area (Å²) < 4.78 is 34.6. The zero-order chi connectivity index (χ0) is 31.6. The first kappa shape index (κ1) is 34.2. The lowest BCUT2D eigenvalue weighted by Gasteiger charge is -2.33. The summed E-state index contributed by atoms with van der Waals surface area (Å²) in [5, 5.41) is 3.58. The number of carbonyl (C=O) groups excluding carboxylic acids is 2. The van der Waals surface area contributed by atoms with Crippen LogP contribution in [0.1, 0.15) is 51.2 Å². The molecule has 1 atom stereocenters. The minimum absolute atomic E-state index is 0.00521. The molecule has 43 heavy (non-hydrogen) atoms. The maximum Gasteiger partial charge on any atom is 0.264 e. The molecule has 0 saturated heterocycles. The van der Waals surface area contributed by atoms with Crippen LogP contribution in [0.25, 0.3) is 0 Å². The van der Waals surface area contributed by atoms with Gasteiger partial charge in [-0.3, -0.25) is 13.9 Å². The van der Waals surface area contributed by atoms with E-state index in [9.17, 15) is 18.0 Å². The van der Waals surface area contributed by atoms with Crippen LogP contribution in [0.15, 0.2) is 71.6 Å². The van der Waals surface area contributed by atoms with Crippen LogP contribution in [0.3, 0.4) is 0 Å². The highest BCUT2D eigenvalue weighted by atomic mass is 35.5. The number of anilines is 1. The fraction of sp³-hybridized carbons (Fsp3) is 0.375. The van der Waals surface area contributed by atoms with E-state index >= 15 is 0 Å². The first-order valence-corrected chi connectivity index (χ1v) is 16.5. The van der Waals surface area contributed by atoms with Gasteiger partial charge >= 0.3 is 0 Å². The van der Waals surface area contributed by atoms with E-state index in [0.29, 0.717) is 46.6 Å². The molecule has 0 saturated carbocycles. The molecule has 0 fully saturated rings. The number of unbranched alkanes of at least 4 members (excludes halogenated alkanes) is 1. The summed E-state index contributed by atoms with van der Waals surface area (Å²) in [6, 6.07) is 17.0. The van der Waals surface area contributed by atoms with Crippen LogP contribution in [0, 0.1) is 6.92 Å². The molecule has 11 heteroatoms. The monoisotopic (exact) mass is 647 g/mol. The Balaban J connectivity index is 2.06. The number of benzene rings is 3. The highest BCUT2D eigenvalue weighted by molar-refractivity contribution is 7.92. The maximum atomic E-state index is 14.2. The van der Waals surface area contributed by atoms with Crippen molar-refractivity contribution in [1.82, 2.24) is 10.2 Å². The van der Waals surface area contributed by atoms with E-state index in [1.54, 1.807) is 61.5 Å². The molecule has 0 radical (unpaired) electrons. The molecule has 1 N–H and O–H groups in total. The van der Waals surface area contributed by atoms with Gasteiger partial charge in [0.25, 0.3) is 10.0 Å². The molecule has 0 aromatic heterocycles. The number of nitrogens with one attached hydrogen (secondary N) is 1. The molecule has 0 spiro atoms. The van der Waals surface area contributed by atoms with Gasteiger partial charge in [0, 0.05) is 28.7 Å². The van der Waals surface area contributed by atoms with Crippen LogP contribution in [0.5, 0.6) is 5.75 Å². The fourth-order valence-electron chi connectivity index (χ4n) is 4.52. The third kappa shape index (κ3) is 8.87. The molecule has 1 unspecified atom stereocenters. The lowest BCUT2D eigenvalue weighted by atomic mass is 10.1. The molecular formula is C32H39Cl2N3O5S. The number of hydrogen-bond acceptors (Lipinski definition) is 5. The molecular weight excluding hydrogens is 609 g/mol. The molecule has 3 rings (SSSR count). The van der Waals surface area contributed by atoms with E-state index in [0.717, 1.165) is 22.7 Å². The highest BCUT2D eigenvalue weighted by Crippen LogP contribution is 2.29. The number of halogens is 2. The lowest BCUT2D eigenvalue weighted by Crippen LogP contribution is -2.52. The molecule has 3 aromatic carbocycles. The summed E-state index contributed by atoms with van der Waals surface area (Å²) in [5.74, 6) is -0.380. The van der Waals surface area contributed by atoms with Crippen molar-refractivity contribution in [3.8, 4) is 5.75 Å². The van der Waals surface area contributed by atoms with Gasteiger partial charge in [-0.2, -0.15) is 0 Å². The number of hydrogen-bond donors (Lipinski definition) is 1. The SMILES string of the molecule is CCCCNC(=O)C(CC)N(Cc1c(Cl)cccc1Cl)C(=O)CN(c1ccc(C)cc1)S(=O)(=O)c1ccc(OCC)cc1. The number of carbonyl (C=O) groups is 2. The second-order valence-corrected chi connectivity index (χ2v) is 12.7. The van der Waals surface area contributed by atoms with Crippen molar-refractivity contribution >= 4 is 50.7 Å². The van der Waals surface area contributed by atoms with E-state index in [4.69, 9.17) is 27.9 Å². The third-order valence-electron chi connectivity index (χ3n) is 6.93. The van der Waals surface area contributed by atoms with Crippen molar-refractivity contribution in [3.05, 3.63) is 87.9 Å². The standard InChI is InChI=1S/C32H39Cl2N3O5S/c1-5-8-20-35-32(39)30(6-2)36(21-27-28(33)10-9-11-29(27)34)31(38)22-37(24-14-12-23(4)13-15-24)43(40,41)26-18-16-25(17-19-26)42-7-3/h9-19,30H,5-8,20-22H2,1-4H3,(H,35,39). The normalized spacial score (nSPS) is 12.0. The van der Waals surface area contributed by atoms with Gasteiger partial charge in [0.2, 0.25) is 11.8 Å². The number of sulfonamides is 1. The molecule has 0 aliphatic rings. The molecule has 0 bridgehead atoms. The van der Waals surface area contributed by atoms with Gasteiger partial charge in [-0.05, 0) is 75.2 Å². The Hall–Kier alpha value is -3.27. The highest BCUT2D eigenvalue weighted by Gasteiger charge is 2.34. The minimum Gasteiger partial charge on any atom is -0.494 e. The maximum absolute atomic E-state index is 14.2. The predicted molar refractivity (Wildman–Crippen MR) is 172 cm³/mol. The van der Waals surface area contributed by atoms with E-state index in [1.165, 1.54) is 17.0 Å². The van der Waals surface area contributed by atoms with E-state index < -0.39 is 28.5 Å². The Morgan fingerprint density at radius 1 is 0.930 bits per heavy atom. The van der Waals surface area contributed by atoms with Crippen molar-refractivity contribution < 1.29 is 22.7 Å². The molecule has 0 heterocycles. The van der Waals surface area contributed by atoms with Gasteiger partial charge < -0.3 is 15.0 Å². The smallest absolute Gasteiger partial charge is 0.264 e. The average Bonchev–Trinajstić information content (AvgIpc) is 2.98. The molecule has 3 aromatic rings. The van der Waals surface area contributed by atoms with Gasteiger partial charge in [-0.25, -0.2) is 8.42 Å². The summed E-state index contributed by atoms with van der Waals surface area (Å²) in [7, 11) is -4.21. The van der Waals surface area contributed by atoms with Crippen LogP contribution in [0.2, 0.25) is 10.0 Å². The third-order valence-corrected chi connectivity index (χ3v) is 9.43. The Morgan fingerprint density at radius 3 is 2.12 bits per heavy atom. The number of nitrogens with zero attached hydrogens (tertiary/aromatic N) is 2. The largest absolute Gasteiger partial charge is 0.494 e. The van der Waals surface area contributed by atoms with Gasteiger partial charge in [-0.1, -0.05) is 67.2 Å². The van der Waals surface area contributed by atoms with Crippen LogP contribution in [0.4, 0.5) is 5.69 Å². The molecule has 2 amide bonds. The quantitative estimate of drug-likeness (QED) is 0.187. The van der Waals surface area contributed by atoms with Crippen molar-refractivity contribution in [1.29, 1.82) is 0 Å². The zero-order valence-corrected chi connectivity index (χ0v) is 27.3. The first-order valence-electron chi connectivity index (χ1n) is 14.4. The summed E-state index contributed by atoms with van der Waals surface area (Å²) in [6.45, 7) is 7.80. The lowest BCUT2D eigenvalue weighted by molar-refractivity contribution is -0.140. The summed E-state index contributed by atoms with van der Waals surface area (Å²) in [6.07, 6.45) is 1.97. The van der Waals surface area contributed by atoms with Crippen LogP contribution in [-0.2, 0) is 26.2 Å². The van der Waals surface area contributed by atoms with Crippen molar-refractivity contribution in [2.45, 2.75) is 64.4 Å². The fourth-order valence-corrected chi connectivity index (χ4v) is 6.45. The summed E-state index contributed by atoms with van der Waals surface area (Å²) in [4.78, 5) is 28.9. The molecule has 0 aliphatic heterocycles. The Bertz CT molecular complexity index is 1460. The van der Waals surface area contributed by atoms with Crippen molar-refractivity contribution in [2.75, 3.05) is 24.0 Å². The number of rotatable bonds is 15. The Morgan fingerprint density at radius 2 is 1.56 bits per heavy atom. The molecule has 8 nitrogen and oxygen atoms in total. The van der Waals surface area contributed by atoms with Crippen molar-refractivity contribution in [2.24, 2.45) is 0 Å². The molecule has 232 valence electrons. The van der Waals surface area contributed by atoms with E-state index in [2.05, 4.69) is 5.32 Å². The number of ether oxygens (including phenoxy) is 1. The van der Waals surface area contributed by atoms with Crippen LogP contribution < -0.4 is 14.4 Å². The second kappa shape index (κ2) is 16.0. The second-order valence-electron chi connectivity index (χ2n) is 10.0. The topological polar surface area (TPSA) is 96.0 Å². The Labute approximate surface area is 265 Å². The minimum atomic E-state index is -4.21. The number of amides is 2. The van der Waals surface area contributed by atoms with Crippen LogP contribution in [-0.4, -0.2) is 50.9 Å². The Kier molecular flexibility index (Phi) is 12.7. The average molecular weight is 649 g/mol. The van der Waals surface area contributed by atoms with E-state index in [1.807, 2.05) is 20.8 Å². The molecule has 0 aliphatic carbocycles. The van der Waals surface area contributed by atoms with Gasteiger partial charge in [0.05, 0.1) is 17.2 Å². The van der Waals surface area contributed by atoms with Crippen molar-refractivity contribution in [3.63, 3.8) is 0 Å². The number of aryl methyl sites for hydroxylation is 1.